The number of nitrogens with one attached hydrogen (secondary N) is 2. The van der Waals surface area contributed by atoms with Gasteiger partial charge in [-0.05, 0) is 51.0 Å². The molecule has 0 spiro atoms. The standard InChI is InChI=1S/C15H24N2O3S/c1-12(2)17-15(18)16-10-4-5-11-21(19)14-8-6-13(20-3)7-9-14/h6-9,12H,4-5,10-11H2,1-3H3,(H2,16,17,18). The van der Waals surface area contributed by atoms with E-state index in [-0.39, 0.29) is 12.1 Å². The zero-order valence-corrected chi connectivity index (χ0v) is 13.7. The Kier molecular flexibility index (Phi) is 7.82. The Labute approximate surface area is 128 Å². The molecule has 5 nitrogen and oxygen atoms in total. The van der Waals surface area contributed by atoms with E-state index >= 15 is 0 Å². The molecule has 0 aliphatic carbocycles. The van der Waals surface area contributed by atoms with Crippen molar-refractivity contribution in [2.45, 2.75) is 37.6 Å². The zero-order valence-electron chi connectivity index (χ0n) is 12.8. The maximum absolute atomic E-state index is 12.1. The van der Waals surface area contributed by atoms with Gasteiger partial charge in [-0.2, -0.15) is 0 Å². The molecule has 2 N–H and O–H groups in total. The monoisotopic (exact) mass is 312 g/mol. The maximum Gasteiger partial charge on any atom is 0.314 e. The molecule has 0 bridgehead atoms. The van der Waals surface area contributed by atoms with Crippen LogP contribution in [-0.4, -0.2) is 35.7 Å². The molecule has 0 aromatic heterocycles. The molecule has 0 aliphatic heterocycles. The highest BCUT2D eigenvalue weighted by molar-refractivity contribution is 7.85. The summed E-state index contributed by atoms with van der Waals surface area (Å²) in [5.41, 5.74) is 0. The van der Waals surface area contributed by atoms with Crippen LogP contribution in [0.1, 0.15) is 26.7 Å². The first-order chi connectivity index (χ1) is 10.0. The van der Waals surface area contributed by atoms with E-state index in [4.69, 9.17) is 4.74 Å². The molecule has 6 heteroatoms. The van der Waals surface area contributed by atoms with Crippen LogP contribution < -0.4 is 15.4 Å². The third kappa shape index (κ3) is 7.13. The highest BCUT2D eigenvalue weighted by atomic mass is 32.2. The van der Waals surface area contributed by atoms with Gasteiger partial charge in [0, 0.05) is 23.2 Å². The Morgan fingerprint density at radius 1 is 1.24 bits per heavy atom. The number of amides is 2. The van der Waals surface area contributed by atoms with Crippen molar-refractivity contribution < 1.29 is 13.7 Å². The minimum atomic E-state index is -1.00. The van der Waals surface area contributed by atoms with Crippen LogP contribution in [0.15, 0.2) is 29.2 Å². The number of ether oxygens (including phenoxy) is 1. The molecule has 21 heavy (non-hydrogen) atoms. The lowest BCUT2D eigenvalue weighted by atomic mass is 10.3. The minimum Gasteiger partial charge on any atom is -0.497 e. The highest BCUT2D eigenvalue weighted by Crippen LogP contribution is 2.14. The number of urea groups is 1. The van der Waals surface area contributed by atoms with Gasteiger partial charge in [0.25, 0.3) is 0 Å². The highest BCUT2D eigenvalue weighted by Gasteiger charge is 2.05. The number of hydrogen-bond acceptors (Lipinski definition) is 3. The van der Waals surface area contributed by atoms with Crippen LogP contribution >= 0.6 is 0 Å². The second-order valence-electron chi connectivity index (χ2n) is 4.99. The Morgan fingerprint density at radius 3 is 2.48 bits per heavy atom. The van der Waals surface area contributed by atoms with Crippen molar-refractivity contribution in [1.82, 2.24) is 10.6 Å². The van der Waals surface area contributed by atoms with E-state index in [0.29, 0.717) is 12.3 Å². The number of unbranched alkanes of at least 4 members (excludes halogenated alkanes) is 1. The van der Waals surface area contributed by atoms with Crippen molar-refractivity contribution in [2.24, 2.45) is 0 Å². The fourth-order valence-electron chi connectivity index (χ4n) is 1.72. The quantitative estimate of drug-likeness (QED) is 0.724. The summed E-state index contributed by atoms with van der Waals surface area (Å²) in [5, 5.41) is 5.53. The number of hydrogen-bond donors (Lipinski definition) is 2. The predicted octanol–water partition coefficient (Wildman–Crippen LogP) is 2.29. The summed E-state index contributed by atoms with van der Waals surface area (Å²) < 4.78 is 17.1. The van der Waals surface area contributed by atoms with Gasteiger partial charge >= 0.3 is 6.03 Å². The van der Waals surface area contributed by atoms with E-state index in [0.717, 1.165) is 23.5 Å². The molecule has 0 radical (unpaired) electrons. The van der Waals surface area contributed by atoms with Crippen molar-refractivity contribution in [1.29, 1.82) is 0 Å². The van der Waals surface area contributed by atoms with Crippen LogP contribution in [0.4, 0.5) is 4.79 Å². The Bertz CT molecular complexity index is 460. The van der Waals surface area contributed by atoms with E-state index in [9.17, 15) is 9.00 Å². The average molecular weight is 312 g/mol. The van der Waals surface area contributed by atoms with Crippen LogP contribution in [0.2, 0.25) is 0 Å². The first-order valence-electron chi connectivity index (χ1n) is 7.09. The SMILES string of the molecule is COc1ccc(S(=O)CCCCNC(=O)NC(C)C)cc1. The lowest BCUT2D eigenvalue weighted by Crippen LogP contribution is -2.39. The molecule has 1 aromatic rings. The number of methoxy groups -OCH3 is 1. The summed E-state index contributed by atoms with van der Waals surface area (Å²) in [6.07, 6.45) is 1.62. The van der Waals surface area contributed by atoms with Crippen LogP contribution in [0.25, 0.3) is 0 Å². The molecule has 0 saturated heterocycles. The summed E-state index contributed by atoms with van der Waals surface area (Å²) in [5.74, 6) is 1.36. The van der Waals surface area contributed by atoms with E-state index in [1.165, 1.54) is 0 Å². The van der Waals surface area contributed by atoms with Gasteiger partial charge in [0.1, 0.15) is 5.75 Å². The van der Waals surface area contributed by atoms with E-state index in [1.54, 1.807) is 7.11 Å². The van der Waals surface area contributed by atoms with Crippen molar-refractivity contribution in [3.63, 3.8) is 0 Å². The van der Waals surface area contributed by atoms with Crippen molar-refractivity contribution in [3.05, 3.63) is 24.3 Å². The Morgan fingerprint density at radius 2 is 1.90 bits per heavy atom. The second-order valence-corrected chi connectivity index (χ2v) is 6.56. The average Bonchev–Trinajstić information content (AvgIpc) is 2.46. The molecule has 1 atom stereocenters. The molecule has 0 aliphatic rings. The molecular weight excluding hydrogens is 288 g/mol. The zero-order chi connectivity index (χ0) is 15.7. The van der Waals surface area contributed by atoms with Gasteiger partial charge in [0.05, 0.1) is 17.9 Å². The van der Waals surface area contributed by atoms with Gasteiger partial charge < -0.3 is 15.4 Å². The van der Waals surface area contributed by atoms with Crippen LogP contribution in [0.5, 0.6) is 5.75 Å². The molecular formula is C15H24N2O3S. The third-order valence-electron chi connectivity index (χ3n) is 2.78. The fourth-order valence-corrected chi connectivity index (χ4v) is 2.86. The van der Waals surface area contributed by atoms with Crippen molar-refractivity contribution >= 4 is 16.8 Å². The normalized spacial score (nSPS) is 12.0. The number of benzene rings is 1. The van der Waals surface area contributed by atoms with Crippen molar-refractivity contribution in [3.8, 4) is 5.75 Å². The van der Waals surface area contributed by atoms with Gasteiger partial charge in [-0.1, -0.05) is 0 Å². The summed E-state index contributed by atoms with van der Waals surface area (Å²) in [6.45, 7) is 4.42. The van der Waals surface area contributed by atoms with E-state index in [1.807, 2.05) is 38.1 Å². The van der Waals surface area contributed by atoms with Gasteiger partial charge in [-0.3, -0.25) is 4.21 Å². The molecule has 0 saturated carbocycles. The molecule has 2 amide bonds. The van der Waals surface area contributed by atoms with E-state index < -0.39 is 10.8 Å². The molecule has 0 heterocycles. The molecule has 0 fully saturated rings. The first kappa shape index (κ1) is 17.5. The lowest BCUT2D eigenvalue weighted by Gasteiger charge is -2.09. The van der Waals surface area contributed by atoms with Gasteiger partial charge in [-0.25, -0.2) is 4.79 Å². The summed E-state index contributed by atoms with van der Waals surface area (Å²) >= 11 is 0. The van der Waals surface area contributed by atoms with E-state index in [2.05, 4.69) is 10.6 Å². The summed E-state index contributed by atoms with van der Waals surface area (Å²) in [6, 6.07) is 7.25. The number of carbonyl (C=O) groups is 1. The lowest BCUT2D eigenvalue weighted by molar-refractivity contribution is 0.238. The van der Waals surface area contributed by atoms with Gasteiger partial charge in [0.2, 0.25) is 0 Å². The molecule has 1 unspecified atom stereocenters. The molecule has 118 valence electrons. The summed E-state index contributed by atoms with van der Waals surface area (Å²) in [4.78, 5) is 12.1. The Balaban J connectivity index is 2.20. The second kappa shape index (κ2) is 9.39. The maximum atomic E-state index is 12.1. The predicted molar refractivity (Wildman–Crippen MR) is 85.2 cm³/mol. The van der Waals surface area contributed by atoms with Gasteiger partial charge in [-0.15, -0.1) is 0 Å². The largest absolute Gasteiger partial charge is 0.497 e. The van der Waals surface area contributed by atoms with Crippen LogP contribution in [0, 0.1) is 0 Å². The smallest absolute Gasteiger partial charge is 0.314 e. The van der Waals surface area contributed by atoms with Gasteiger partial charge in [0.15, 0.2) is 0 Å². The third-order valence-corrected chi connectivity index (χ3v) is 4.24. The number of rotatable bonds is 8. The fraction of sp³-hybridized carbons (Fsp3) is 0.533. The van der Waals surface area contributed by atoms with Crippen molar-refractivity contribution in [2.75, 3.05) is 19.4 Å². The number of carbonyl (C=O) groups excluding carboxylic acids is 1. The molecule has 1 rings (SSSR count). The van der Waals surface area contributed by atoms with Crippen LogP contribution in [0.3, 0.4) is 0 Å². The Hall–Kier alpha value is -1.56. The summed E-state index contributed by atoms with van der Waals surface area (Å²) in [7, 11) is 0.605. The topological polar surface area (TPSA) is 67.4 Å². The molecule has 1 aromatic carbocycles. The first-order valence-corrected chi connectivity index (χ1v) is 8.41. The van der Waals surface area contributed by atoms with Crippen LogP contribution in [-0.2, 0) is 10.8 Å². The minimum absolute atomic E-state index is 0.132.